The van der Waals surface area contributed by atoms with Crippen molar-refractivity contribution in [1.29, 1.82) is 0 Å². The van der Waals surface area contributed by atoms with Crippen molar-refractivity contribution in [3.63, 3.8) is 0 Å². The van der Waals surface area contributed by atoms with Crippen LogP contribution in [0.1, 0.15) is 65.7 Å². The predicted molar refractivity (Wildman–Crippen MR) is 82.7 cm³/mol. The third-order valence-corrected chi connectivity index (χ3v) is 6.93. The van der Waals surface area contributed by atoms with Gasteiger partial charge in [-0.2, -0.15) is 0 Å². The van der Waals surface area contributed by atoms with Crippen LogP contribution >= 0.6 is 0 Å². The van der Waals surface area contributed by atoms with Gasteiger partial charge in [0, 0.05) is 5.41 Å². The van der Waals surface area contributed by atoms with E-state index in [2.05, 4.69) is 25.9 Å². The van der Waals surface area contributed by atoms with Crippen LogP contribution in [0.3, 0.4) is 0 Å². The highest BCUT2D eigenvalue weighted by atomic mass is 16.6. The Balaban J connectivity index is 1.73. The van der Waals surface area contributed by atoms with E-state index in [9.17, 15) is 4.79 Å². The fourth-order valence-electron chi connectivity index (χ4n) is 4.83. The lowest BCUT2D eigenvalue weighted by Gasteiger charge is -2.37. The van der Waals surface area contributed by atoms with Crippen LogP contribution in [0, 0.1) is 22.7 Å². The number of hydrogen-bond donors (Lipinski definition) is 1. The number of carbonyl (C=O) groups excluding carboxylic acids is 1. The molecule has 0 heterocycles. The molecule has 2 N–H and O–H groups in total. The number of fused-ring (bicyclic) bond motifs is 2. The zero-order valence-electron chi connectivity index (χ0n) is 13.5. The van der Waals surface area contributed by atoms with Gasteiger partial charge in [0.2, 0.25) is 5.91 Å². The number of nitrogens with two attached hydrogens (primary N) is 1. The lowest BCUT2D eigenvalue weighted by Crippen LogP contribution is -2.37. The van der Waals surface area contributed by atoms with Crippen molar-refractivity contribution in [1.82, 2.24) is 0 Å². The minimum absolute atomic E-state index is 0.189. The van der Waals surface area contributed by atoms with Crippen molar-refractivity contribution in [3.05, 3.63) is 0 Å². The quantitative estimate of drug-likeness (QED) is 0.811. The summed E-state index contributed by atoms with van der Waals surface area (Å²) >= 11 is 0. The predicted octanol–water partition coefficient (Wildman–Crippen LogP) is 3.25. The van der Waals surface area contributed by atoms with Gasteiger partial charge in [0.25, 0.3) is 0 Å². The third-order valence-electron chi connectivity index (χ3n) is 6.93. The summed E-state index contributed by atoms with van der Waals surface area (Å²) < 4.78 is 0. The molecular formula is C17H28N2O2. The fourth-order valence-corrected chi connectivity index (χ4v) is 4.83. The molecule has 3 fully saturated rings. The van der Waals surface area contributed by atoms with Crippen LogP contribution in [-0.4, -0.2) is 17.7 Å². The van der Waals surface area contributed by atoms with Gasteiger partial charge in [0.05, 0.1) is 11.6 Å². The van der Waals surface area contributed by atoms with Crippen molar-refractivity contribution >= 4 is 11.6 Å². The van der Waals surface area contributed by atoms with E-state index in [0.717, 1.165) is 43.7 Å². The molecule has 0 radical (unpaired) electrons. The maximum Gasteiger partial charge on any atom is 0.226 e. The molecule has 4 unspecified atom stereocenters. The molecule has 1 amide bonds. The molecule has 3 aliphatic rings. The van der Waals surface area contributed by atoms with Crippen molar-refractivity contribution in [2.75, 3.05) is 0 Å². The summed E-state index contributed by atoms with van der Waals surface area (Å²) in [6.45, 7) is 7.08. The lowest BCUT2D eigenvalue weighted by atomic mass is 9.70. The molecule has 0 saturated heterocycles. The largest absolute Gasteiger partial charge is 0.392 e. The van der Waals surface area contributed by atoms with Gasteiger partial charge in [-0.25, -0.2) is 0 Å². The molecule has 2 bridgehead atoms. The standard InChI is InChI=1S/C17H28N2O2/c1-16(2)11-8-9-17(16,3)14(10-11)21-19-13-7-5-4-6-12(13)15(18)20/h11-12,14H,4-10H2,1-3H3,(H2,18,20). The number of amides is 1. The summed E-state index contributed by atoms with van der Waals surface area (Å²) in [6.07, 6.45) is 7.64. The van der Waals surface area contributed by atoms with E-state index in [1.165, 1.54) is 12.8 Å². The summed E-state index contributed by atoms with van der Waals surface area (Å²) in [5.41, 5.74) is 6.90. The Morgan fingerprint density at radius 3 is 2.62 bits per heavy atom. The highest BCUT2D eigenvalue weighted by Crippen LogP contribution is 2.66. The SMILES string of the molecule is CC1(C)C2CCC1(C)C(ON=C1CCCCC1C(N)=O)C2. The zero-order valence-corrected chi connectivity index (χ0v) is 13.5. The average molecular weight is 292 g/mol. The number of oxime groups is 1. The highest BCUT2D eigenvalue weighted by molar-refractivity contribution is 6.03. The topological polar surface area (TPSA) is 64.7 Å². The summed E-state index contributed by atoms with van der Waals surface area (Å²) in [4.78, 5) is 17.5. The first kappa shape index (κ1) is 14.9. The van der Waals surface area contributed by atoms with Gasteiger partial charge in [-0.3, -0.25) is 4.79 Å². The molecule has 3 saturated carbocycles. The van der Waals surface area contributed by atoms with Crippen LogP contribution in [0.2, 0.25) is 0 Å². The first-order chi connectivity index (χ1) is 9.86. The Bertz CT molecular complexity index is 471. The first-order valence-corrected chi connectivity index (χ1v) is 8.38. The van der Waals surface area contributed by atoms with Gasteiger partial charge in [-0.15, -0.1) is 0 Å². The molecule has 4 heteroatoms. The minimum atomic E-state index is -0.253. The maximum absolute atomic E-state index is 11.5. The molecule has 0 aromatic rings. The second-order valence-electron chi connectivity index (χ2n) is 7.99. The molecule has 0 aromatic heterocycles. The Kier molecular flexibility index (Phi) is 3.53. The third kappa shape index (κ3) is 2.18. The molecule has 118 valence electrons. The van der Waals surface area contributed by atoms with E-state index in [4.69, 9.17) is 10.6 Å². The molecule has 4 atom stereocenters. The highest BCUT2D eigenvalue weighted by Gasteiger charge is 2.63. The Hall–Kier alpha value is -1.06. The second-order valence-corrected chi connectivity index (χ2v) is 7.99. The Morgan fingerprint density at radius 1 is 1.29 bits per heavy atom. The average Bonchev–Trinajstić information content (AvgIpc) is 2.78. The smallest absolute Gasteiger partial charge is 0.226 e. The normalized spacial score (nSPS) is 43.2. The van der Waals surface area contributed by atoms with Crippen LogP contribution in [0.25, 0.3) is 0 Å². The fraction of sp³-hybridized carbons (Fsp3) is 0.882. The molecular weight excluding hydrogens is 264 g/mol. The van der Waals surface area contributed by atoms with E-state index < -0.39 is 0 Å². The van der Waals surface area contributed by atoms with Crippen molar-refractivity contribution in [2.45, 2.75) is 71.8 Å². The van der Waals surface area contributed by atoms with Crippen LogP contribution in [0.4, 0.5) is 0 Å². The van der Waals surface area contributed by atoms with E-state index in [1.807, 2.05) is 0 Å². The molecule has 21 heavy (non-hydrogen) atoms. The van der Waals surface area contributed by atoms with Crippen molar-refractivity contribution in [3.8, 4) is 0 Å². The first-order valence-electron chi connectivity index (χ1n) is 8.38. The molecule has 4 nitrogen and oxygen atoms in total. The molecule has 0 aromatic carbocycles. The minimum Gasteiger partial charge on any atom is -0.392 e. The Labute approximate surface area is 127 Å². The lowest BCUT2D eigenvalue weighted by molar-refractivity contribution is -0.120. The van der Waals surface area contributed by atoms with Crippen LogP contribution in [-0.2, 0) is 9.63 Å². The van der Waals surface area contributed by atoms with Gasteiger partial charge >= 0.3 is 0 Å². The van der Waals surface area contributed by atoms with Gasteiger partial charge < -0.3 is 10.6 Å². The number of rotatable bonds is 3. The van der Waals surface area contributed by atoms with Gasteiger partial charge in [-0.1, -0.05) is 32.3 Å². The maximum atomic E-state index is 11.5. The van der Waals surface area contributed by atoms with Gasteiger partial charge in [0.15, 0.2) is 0 Å². The monoisotopic (exact) mass is 292 g/mol. The van der Waals surface area contributed by atoms with E-state index in [1.54, 1.807) is 0 Å². The van der Waals surface area contributed by atoms with E-state index in [-0.39, 0.29) is 23.3 Å². The molecule has 3 rings (SSSR count). The van der Waals surface area contributed by atoms with Crippen LogP contribution < -0.4 is 5.73 Å². The molecule has 0 aliphatic heterocycles. The Morgan fingerprint density at radius 2 is 2.05 bits per heavy atom. The van der Waals surface area contributed by atoms with E-state index >= 15 is 0 Å². The van der Waals surface area contributed by atoms with Crippen LogP contribution in [0.5, 0.6) is 0 Å². The number of primary amides is 1. The van der Waals surface area contributed by atoms with E-state index in [0.29, 0.717) is 5.41 Å². The van der Waals surface area contributed by atoms with Gasteiger partial charge in [-0.05, 0) is 49.9 Å². The number of nitrogens with zero attached hydrogens (tertiary/aromatic N) is 1. The summed E-state index contributed by atoms with van der Waals surface area (Å²) in [7, 11) is 0. The van der Waals surface area contributed by atoms with Gasteiger partial charge in [0.1, 0.15) is 6.10 Å². The van der Waals surface area contributed by atoms with Crippen LogP contribution in [0.15, 0.2) is 5.16 Å². The summed E-state index contributed by atoms with van der Waals surface area (Å²) in [6, 6.07) is 0. The number of hydrogen-bond acceptors (Lipinski definition) is 3. The molecule has 3 aliphatic carbocycles. The summed E-state index contributed by atoms with van der Waals surface area (Å²) in [5, 5.41) is 4.41. The second kappa shape index (κ2) is 4.99. The summed E-state index contributed by atoms with van der Waals surface area (Å²) in [5.74, 6) is 0.278. The van der Waals surface area contributed by atoms with Crippen molar-refractivity contribution < 1.29 is 9.63 Å². The zero-order chi connectivity index (χ0) is 15.3. The van der Waals surface area contributed by atoms with Crippen molar-refractivity contribution in [2.24, 2.45) is 33.6 Å². The number of carbonyl (C=O) groups is 1. The molecule has 0 spiro atoms.